The summed E-state index contributed by atoms with van der Waals surface area (Å²) in [5, 5.41) is 3.24. The molecule has 3 atom stereocenters. The van der Waals surface area contributed by atoms with Gasteiger partial charge in [-0.3, -0.25) is 9.69 Å². The van der Waals surface area contributed by atoms with Crippen molar-refractivity contribution in [3.05, 3.63) is 70.5 Å². The normalized spacial score (nSPS) is 23.8. The van der Waals surface area contributed by atoms with Crippen LogP contribution >= 0.6 is 0 Å². The molecule has 4 rings (SSSR count). The summed E-state index contributed by atoms with van der Waals surface area (Å²) in [4.78, 5) is 16.8. The minimum absolute atomic E-state index is 0.00916. The highest BCUT2D eigenvalue weighted by atomic mass is 19.4. The van der Waals surface area contributed by atoms with E-state index in [9.17, 15) is 35.5 Å². The Kier molecular flexibility index (Phi) is 7.34. The van der Waals surface area contributed by atoms with Crippen molar-refractivity contribution in [1.82, 2.24) is 15.1 Å². The summed E-state index contributed by atoms with van der Waals surface area (Å²) in [5.41, 5.74) is -2.96. The maximum absolute atomic E-state index is 13.6. The van der Waals surface area contributed by atoms with Crippen LogP contribution in [0.1, 0.15) is 45.8 Å². The number of likely N-dealkylation sites (tertiary alicyclic amines) is 2. The number of carbonyl (C=O) groups excluding carboxylic acids is 1. The van der Waals surface area contributed by atoms with Gasteiger partial charge in [0.05, 0.1) is 11.1 Å². The van der Waals surface area contributed by atoms with Gasteiger partial charge >= 0.3 is 12.4 Å². The van der Waals surface area contributed by atoms with Crippen molar-refractivity contribution in [3.63, 3.8) is 0 Å². The lowest BCUT2D eigenvalue weighted by Gasteiger charge is -2.43. The Bertz CT molecular complexity index is 1050. The lowest BCUT2D eigenvalue weighted by atomic mass is 9.84. The topological polar surface area (TPSA) is 35.6 Å². The molecular weight excluding hydrogens is 491 g/mol. The Hall–Kier alpha value is -2.66. The van der Waals surface area contributed by atoms with Crippen LogP contribution < -0.4 is 5.32 Å². The van der Waals surface area contributed by atoms with E-state index in [1.165, 1.54) is 17.0 Å². The summed E-state index contributed by atoms with van der Waals surface area (Å²) in [7, 11) is 1.87. The predicted octanol–water partition coefficient (Wildman–Crippen LogP) is 5.16. The van der Waals surface area contributed by atoms with Gasteiger partial charge in [-0.25, -0.2) is 4.39 Å². The van der Waals surface area contributed by atoms with Gasteiger partial charge in [-0.1, -0.05) is 12.1 Å². The third-order valence-electron chi connectivity index (χ3n) is 7.09. The Morgan fingerprint density at radius 3 is 2.03 bits per heavy atom. The number of hydrogen-bond donors (Lipinski definition) is 1. The molecule has 0 spiro atoms. The number of nitrogens with one attached hydrogen (secondary N) is 1. The van der Waals surface area contributed by atoms with Crippen LogP contribution in [0.4, 0.5) is 30.7 Å². The molecule has 2 aromatic rings. The van der Waals surface area contributed by atoms with Gasteiger partial charge in [0.1, 0.15) is 5.82 Å². The predicted molar refractivity (Wildman–Crippen MR) is 119 cm³/mol. The van der Waals surface area contributed by atoms with E-state index in [0.717, 1.165) is 25.1 Å². The first-order valence-electron chi connectivity index (χ1n) is 11.6. The van der Waals surface area contributed by atoms with Gasteiger partial charge in [-0.05, 0) is 55.8 Å². The first-order valence-corrected chi connectivity index (χ1v) is 11.6. The van der Waals surface area contributed by atoms with Crippen LogP contribution in [0.15, 0.2) is 42.5 Å². The zero-order valence-corrected chi connectivity index (χ0v) is 19.5. The van der Waals surface area contributed by atoms with Gasteiger partial charge in [-0.2, -0.15) is 26.3 Å². The van der Waals surface area contributed by atoms with Gasteiger partial charge in [0, 0.05) is 49.7 Å². The molecule has 4 nitrogen and oxygen atoms in total. The van der Waals surface area contributed by atoms with E-state index in [0.29, 0.717) is 24.6 Å². The monoisotopic (exact) mass is 517 g/mol. The number of piperidine rings is 1. The number of nitrogens with zero attached hydrogens (tertiary/aromatic N) is 2. The molecule has 0 saturated carbocycles. The summed E-state index contributed by atoms with van der Waals surface area (Å²) in [6, 6.07) is 7.05. The van der Waals surface area contributed by atoms with Crippen molar-refractivity contribution < 1.29 is 35.5 Å². The van der Waals surface area contributed by atoms with E-state index in [1.54, 1.807) is 12.1 Å². The zero-order valence-electron chi connectivity index (χ0n) is 19.5. The fourth-order valence-electron chi connectivity index (χ4n) is 5.18. The molecule has 0 aliphatic carbocycles. The van der Waals surface area contributed by atoms with Crippen LogP contribution in [0.3, 0.4) is 0 Å². The summed E-state index contributed by atoms with van der Waals surface area (Å²) < 4.78 is 93.4. The molecule has 196 valence electrons. The Morgan fingerprint density at radius 1 is 0.889 bits per heavy atom. The second-order valence-corrected chi connectivity index (χ2v) is 9.33. The van der Waals surface area contributed by atoms with Crippen molar-refractivity contribution in [2.24, 2.45) is 0 Å². The number of hydrogen-bond acceptors (Lipinski definition) is 3. The van der Waals surface area contributed by atoms with Crippen LogP contribution in [-0.2, 0) is 12.4 Å². The Morgan fingerprint density at radius 2 is 1.50 bits per heavy atom. The second-order valence-electron chi connectivity index (χ2n) is 9.33. The maximum atomic E-state index is 13.6. The number of alkyl halides is 6. The lowest BCUT2D eigenvalue weighted by Crippen LogP contribution is -2.51. The van der Waals surface area contributed by atoms with Crippen molar-refractivity contribution in [2.45, 2.75) is 43.2 Å². The summed E-state index contributed by atoms with van der Waals surface area (Å²) >= 11 is 0. The molecule has 2 aliphatic heterocycles. The van der Waals surface area contributed by atoms with Crippen LogP contribution in [0.5, 0.6) is 0 Å². The third-order valence-corrected chi connectivity index (χ3v) is 7.09. The highest BCUT2D eigenvalue weighted by molar-refractivity contribution is 5.95. The summed E-state index contributed by atoms with van der Waals surface area (Å²) in [6.07, 6.45) is -8.68. The molecule has 1 amide bonds. The number of carbonyl (C=O) groups is 1. The molecule has 0 radical (unpaired) electrons. The highest BCUT2D eigenvalue weighted by Crippen LogP contribution is 2.38. The highest BCUT2D eigenvalue weighted by Gasteiger charge is 2.41. The Labute approximate surface area is 204 Å². The van der Waals surface area contributed by atoms with E-state index in [4.69, 9.17) is 0 Å². The van der Waals surface area contributed by atoms with Crippen LogP contribution in [0, 0.1) is 5.82 Å². The number of benzene rings is 2. The fourth-order valence-corrected chi connectivity index (χ4v) is 5.18. The largest absolute Gasteiger partial charge is 0.416 e. The van der Waals surface area contributed by atoms with Crippen molar-refractivity contribution in [1.29, 1.82) is 0 Å². The molecular formula is C25H26F7N3O. The molecule has 2 heterocycles. The molecule has 36 heavy (non-hydrogen) atoms. The number of rotatable bonds is 4. The SMILES string of the molecule is CNC1CCN(C2CCN(C(=O)c3cc(C(F)(F)F)cc(C(F)(F)F)c3)CC2c2ccc(F)cc2)C1. The quantitative estimate of drug-likeness (QED) is 0.570. The van der Waals surface area contributed by atoms with Crippen LogP contribution in [-0.4, -0.2) is 61.0 Å². The molecule has 11 heteroatoms. The van der Waals surface area contributed by atoms with E-state index < -0.39 is 40.8 Å². The van der Waals surface area contributed by atoms with E-state index in [2.05, 4.69) is 10.2 Å². The van der Waals surface area contributed by atoms with Gasteiger partial charge in [0.25, 0.3) is 5.91 Å². The van der Waals surface area contributed by atoms with Crippen LogP contribution in [0.2, 0.25) is 0 Å². The average molecular weight is 517 g/mol. The average Bonchev–Trinajstić information content (AvgIpc) is 3.31. The zero-order chi connectivity index (χ0) is 26.3. The van der Waals surface area contributed by atoms with Gasteiger partial charge in [0.2, 0.25) is 0 Å². The van der Waals surface area contributed by atoms with Gasteiger partial charge < -0.3 is 10.2 Å². The molecule has 2 fully saturated rings. The standard InChI is InChI=1S/C25H26F7N3O/c1-33-20-6-8-34(13-20)22-7-9-35(14-21(22)15-2-4-19(26)5-3-15)23(36)16-10-17(24(27,28)29)12-18(11-16)25(30,31)32/h2-5,10-12,20-22,33H,6-9,13-14H2,1H3. The molecule has 2 saturated heterocycles. The molecule has 0 aromatic heterocycles. The summed E-state index contributed by atoms with van der Waals surface area (Å²) in [5.74, 6) is -1.61. The summed E-state index contributed by atoms with van der Waals surface area (Å²) in [6.45, 7) is 1.85. The first kappa shape index (κ1) is 26.4. The smallest absolute Gasteiger partial charge is 0.338 e. The maximum Gasteiger partial charge on any atom is 0.416 e. The molecule has 3 unspecified atom stereocenters. The minimum Gasteiger partial charge on any atom is -0.338 e. The number of likely N-dealkylation sites (N-methyl/N-ethyl adjacent to an activating group) is 1. The number of halogens is 7. The molecule has 0 bridgehead atoms. The van der Waals surface area contributed by atoms with Crippen LogP contribution in [0.25, 0.3) is 0 Å². The molecule has 2 aromatic carbocycles. The van der Waals surface area contributed by atoms with Gasteiger partial charge in [0.15, 0.2) is 0 Å². The van der Waals surface area contributed by atoms with E-state index in [-0.39, 0.29) is 31.1 Å². The number of amides is 1. The van der Waals surface area contributed by atoms with Crippen molar-refractivity contribution >= 4 is 5.91 Å². The third kappa shape index (κ3) is 5.67. The van der Waals surface area contributed by atoms with E-state index >= 15 is 0 Å². The van der Waals surface area contributed by atoms with Gasteiger partial charge in [-0.15, -0.1) is 0 Å². The second kappa shape index (κ2) is 10.0. The molecule has 1 N–H and O–H groups in total. The van der Waals surface area contributed by atoms with Crippen molar-refractivity contribution in [2.75, 3.05) is 33.2 Å². The van der Waals surface area contributed by atoms with Crippen molar-refractivity contribution in [3.8, 4) is 0 Å². The minimum atomic E-state index is -5.04. The van der Waals surface area contributed by atoms with E-state index in [1.807, 2.05) is 7.05 Å². The lowest BCUT2D eigenvalue weighted by molar-refractivity contribution is -0.143. The first-order chi connectivity index (χ1) is 16.9. The fraction of sp³-hybridized carbons (Fsp3) is 0.480. The molecule has 2 aliphatic rings. The Balaban J connectivity index is 1.64.